The van der Waals surface area contributed by atoms with Crippen molar-refractivity contribution < 1.29 is 28.7 Å². The highest BCUT2D eigenvalue weighted by atomic mass is 16.5. The fourth-order valence-electron chi connectivity index (χ4n) is 4.80. The van der Waals surface area contributed by atoms with Gasteiger partial charge in [-0.05, 0) is 31.2 Å². The summed E-state index contributed by atoms with van der Waals surface area (Å²) in [5.41, 5.74) is 0.940. The number of benzene rings is 1. The van der Waals surface area contributed by atoms with E-state index in [9.17, 15) is 19.2 Å². The van der Waals surface area contributed by atoms with Crippen molar-refractivity contribution in [2.75, 3.05) is 19.8 Å². The van der Waals surface area contributed by atoms with Crippen LogP contribution < -0.4 is 15.4 Å². The molecule has 198 valence electrons. The third-order valence-electron chi connectivity index (χ3n) is 6.81. The Balaban J connectivity index is 1.54. The summed E-state index contributed by atoms with van der Waals surface area (Å²) in [6.45, 7) is 3.47. The maximum atomic E-state index is 13.1. The van der Waals surface area contributed by atoms with Gasteiger partial charge >= 0.3 is 6.09 Å². The first kappa shape index (κ1) is 27.5. The number of amides is 3. The van der Waals surface area contributed by atoms with Crippen LogP contribution in [-0.2, 0) is 25.7 Å². The Morgan fingerprint density at radius 1 is 1.17 bits per heavy atom. The van der Waals surface area contributed by atoms with Crippen molar-refractivity contribution in [2.45, 2.75) is 83.3 Å². The molecule has 1 aromatic rings. The topological polar surface area (TPSA) is 114 Å². The van der Waals surface area contributed by atoms with E-state index in [4.69, 9.17) is 9.47 Å². The van der Waals surface area contributed by atoms with Gasteiger partial charge in [-0.15, -0.1) is 0 Å². The van der Waals surface area contributed by atoms with Crippen LogP contribution in [-0.4, -0.2) is 60.9 Å². The molecular weight excluding hydrogens is 462 g/mol. The van der Waals surface area contributed by atoms with E-state index < -0.39 is 24.1 Å². The van der Waals surface area contributed by atoms with Crippen molar-refractivity contribution in [3.8, 4) is 5.75 Å². The van der Waals surface area contributed by atoms with Crippen LogP contribution in [0.1, 0.15) is 70.3 Å². The van der Waals surface area contributed by atoms with E-state index in [1.807, 2.05) is 31.2 Å². The van der Waals surface area contributed by atoms with Crippen LogP contribution in [0.15, 0.2) is 24.3 Å². The van der Waals surface area contributed by atoms with Gasteiger partial charge in [-0.3, -0.25) is 9.59 Å². The molecule has 3 amide bonds. The second-order valence-corrected chi connectivity index (χ2v) is 9.63. The molecule has 1 saturated carbocycles. The van der Waals surface area contributed by atoms with Crippen LogP contribution in [0.2, 0.25) is 0 Å². The molecule has 1 aliphatic heterocycles. The molecule has 1 aliphatic carbocycles. The molecule has 2 aliphatic rings. The lowest BCUT2D eigenvalue weighted by molar-refractivity contribution is -0.132. The molecule has 1 fully saturated rings. The molecule has 0 saturated heterocycles. The molecule has 2 N–H and O–H groups in total. The molecule has 1 aromatic carbocycles. The minimum atomic E-state index is -0.820. The SMILES string of the molecule is CCCOC(=O)N[C@@H](CC1CCCCC1)C(=O)N[C@H](C=O)CCC(=O)N1CCOc2ccccc2C1. The summed E-state index contributed by atoms with van der Waals surface area (Å²) in [5, 5.41) is 5.41. The molecule has 3 rings (SSSR count). The molecule has 2 atom stereocenters. The lowest BCUT2D eigenvalue weighted by Crippen LogP contribution is -2.51. The highest BCUT2D eigenvalue weighted by Gasteiger charge is 2.28. The lowest BCUT2D eigenvalue weighted by Gasteiger charge is -2.27. The van der Waals surface area contributed by atoms with Crippen molar-refractivity contribution in [1.29, 1.82) is 0 Å². The zero-order valence-corrected chi connectivity index (χ0v) is 21.2. The molecule has 0 aromatic heterocycles. The number of rotatable bonds is 11. The van der Waals surface area contributed by atoms with Gasteiger partial charge in [-0.2, -0.15) is 0 Å². The number of nitrogens with one attached hydrogen (secondary N) is 2. The van der Waals surface area contributed by atoms with E-state index in [-0.39, 0.29) is 25.4 Å². The van der Waals surface area contributed by atoms with E-state index in [1.54, 1.807) is 4.90 Å². The molecule has 0 unspecified atom stereocenters. The summed E-state index contributed by atoms with van der Waals surface area (Å²) in [7, 11) is 0. The Kier molecular flexibility index (Phi) is 11.0. The number of para-hydroxylation sites is 1. The molecular formula is C27H39N3O6. The summed E-state index contributed by atoms with van der Waals surface area (Å²) in [5.74, 6) is 0.595. The quantitative estimate of drug-likeness (QED) is 0.450. The standard InChI is InChI=1S/C27H39N3O6/c1-2-15-36-27(34)29-23(17-20-8-4-3-5-9-20)26(33)28-22(19-31)12-13-25(32)30-14-16-35-24-11-7-6-10-21(24)18-30/h6-7,10-11,19-20,22-23H,2-5,8-9,12-18H2,1H3,(H,28,33)(H,29,34)/t22-,23-/m0/s1. The van der Waals surface area contributed by atoms with Gasteiger partial charge in [0, 0.05) is 18.5 Å². The Morgan fingerprint density at radius 3 is 2.69 bits per heavy atom. The Morgan fingerprint density at radius 2 is 1.94 bits per heavy atom. The number of alkyl carbamates (subject to hydrolysis) is 1. The Hall–Kier alpha value is -3.10. The third kappa shape index (κ3) is 8.53. The van der Waals surface area contributed by atoms with Crippen LogP contribution >= 0.6 is 0 Å². The van der Waals surface area contributed by atoms with Gasteiger partial charge in [0.1, 0.15) is 24.7 Å². The highest BCUT2D eigenvalue weighted by molar-refractivity contribution is 5.87. The number of carbonyl (C=O) groups is 4. The second kappa shape index (κ2) is 14.5. The number of carbonyl (C=O) groups excluding carboxylic acids is 4. The minimum absolute atomic E-state index is 0.101. The molecule has 0 spiro atoms. The second-order valence-electron chi connectivity index (χ2n) is 9.63. The average molecular weight is 502 g/mol. The number of nitrogens with zero attached hydrogens (tertiary/aromatic N) is 1. The van der Waals surface area contributed by atoms with E-state index in [1.165, 1.54) is 6.42 Å². The summed E-state index contributed by atoms with van der Waals surface area (Å²) < 4.78 is 10.8. The zero-order valence-electron chi connectivity index (χ0n) is 21.2. The van der Waals surface area contributed by atoms with Crippen molar-refractivity contribution in [2.24, 2.45) is 5.92 Å². The molecule has 0 bridgehead atoms. The van der Waals surface area contributed by atoms with Crippen LogP contribution in [0, 0.1) is 5.92 Å². The number of ether oxygens (including phenoxy) is 2. The highest BCUT2D eigenvalue weighted by Crippen LogP contribution is 2.27. The molecule has 1 heterocycles. The first-order valence-corrected chi connectivity index (χ1v) is 13.2. The molecule has 0 radical (unpaired) electrons. The van der Waals surface area contributed by atoms with Crippen LogP contribution in [0.3, 0.4) is 0 Å². The summed E-state index contributed by atoms with van der Waals surface area (Å²) in [6, 6.07) is 6.02. The van der Waals surface area contributed by atoms with E-state index >= 15 is 0 Å². The van der Waals surface area contributed by atoms with Crippen molar-refractivity contribution in [1.82, 2.24) is 15.5 Å². The largest absolute Gasteiger partial charge is 0.491 e. The predicted octanol–water partition coefficient (Wildman–Crippen LogP) is 3.35. The maximum Gasteiger partial charge on any atom is 0.407 e. The van der Waals surface area contributed by atoms with Crippen LogP contribution in [0.25, 0.3) is 0 Å². The van der Waals surface area contributed by atoms with Gasteiger partial charge in [-0.25, -0.2) is 4.79 Å². The van der Waals surface area contributed by atoms with E-state index in [2.05, 4.69) is 10.6 Å². The third-order valence-corrected chi connectivity index (χ3v) is 6.81. The van der Waals surface area contributed by atoms with E-state index in [0.717, 1.165) is 37.0 Å². The summed E-state index contributed by atoms with van der Waals surface area (Å²) in [4.78, 5) is 51.6. The first-order chi connectivity index (χ1) is 17.5. The lowest BCUT2D eigenvalue weighted by atomic mass is 9.84. The summed E-state index contributed by atoms with van der Waals surface area (Å²) in [6.07, 6.45) is 6.97. The molecule has 36 heavy (non-hydrogen) atoms. The van der Waals surface area contributed by atoms with Crippen molar-refractivity contribution in [3.05, 3.63) is 29.8 Å². The molecule has 9 heteroatoms. The molecule has 9 nitrogen and oxygen atoms in total. The van der Waals surface area contributed by atoms with Gasteiger partial charge in [0.05, 0.1) is 19.2 Å². The average Bonchev–Trinajstić information content (AvgIpc) is 3.12. The Bertz CT molecular complexity index is 886. The monoisotopic (exact) mass is 501 g/mol. The van der Waals surface area contributed by atoms with Gasteiger partial charge in [0.25, 0.3) is 0 Å². The van der Waals surface area contributed by atoms with Gasteiger partial charge < -0.3 is 29.8 Å². The fourth-order valence-corrected chi connectivity index (χ4v) is 4.80. The number of hydrogen-bond donors (Lipinski definition) is 2. The number of aldehydes is 1. The normalized spacial score (nSPS) is 17.5. The first-order valence-electron chi connectivity index (χ1n) is 13.2. The van der Waals surface area contributed by atoms with Gasteiger partial charge in [0.2, 0.25) is 11.8 Å². The van der Waals surface area contributed by atoms with Crippen LogP contribution in [0.4, 0.5) is 4.79 Å². The number of fused-ring (bicyclic) bond motifs is 1. The smallest absolute Gasteiger partial charge is 0.407 e. The summed E-state index contributed by atoms with van der Waals surface area (Å²) >= 11 is 0. The van der Waals surface area contributed by atoms with Crippen molar-refractivity contribution >= 4 is 24.2 Å². The van der Waals surface area contributed by atoms with Gasteiger partial charge in [0.15, 0.2) is 0 Å². The zero-order chi connectivity index (χ0) is 25.8. The fraction of sp³-hybridized carbons (Fsp3) is 0.630. The van der Waals surface area contributed by atoms with Crippen LogP contribution in [0.5, 0.6) is 5.75 Å². The predicted molar refractivity (Wildman–Crippen MR) is 134 cm³/mol. The Labute approximate surface area is 213 Å². The number of hydrogen-bond acceptors (Lipinski definition) is 6. The van der Waals surface area contributed by atoms with E-state index in [0.29, 0.717) is 44.7 Å². The van der Waals surface area contributed by atoms with Crippen molar-refractivity contribution in [3.63, 3.8) is 0 Å². The maximum absolute atomic E-state index is 13.1. The van der Waals surface area contributed by atoms with Gasteiger partial charge in [-0.1, -0.05) is 57.2 Å². The minimum Gasteiger partial charge on any atom is -0.491 e.